The number of fused-ring (bicyclic) bond motifs is 1. The highest BCUT2D eigenvalue weighted by molar-refractivity contribution is 5.85. The monoisotopic (exact) mass is 433 g/mol. The molecule has 0 atom stereocenters. The lowest BCUT2D eigenvalue weighted by Crippen LogP contribution is -2.23. The van der Waals surface area contributed by atoms with Gasteiger partial charge in [-0.15, -0.1) is 0 Å². The van der Waals surface area contributed by atoms with Gasteiger partial charge in [0.1, 0.15) is 11.3 Å². The molecule has 170 valence electrons. The summed E-state index contributed by atoms with van der Waals surface area (Å²) in [5, 5.41) is 4.79. The average molecular weight is 434 g/mol. The van der Waals surface area contributed by atoms with E-state index >= 15 is 0 Å². The van der Waals surface area contributed by atoms with E-state index in [0.717, 1.165) is 41.2 Å². The Labute approximate surface area is 191 Å². The smallest absolute Gasteiger partial charge is 0.214 e. The molecule has 1 aromatic carbocycles. The quantitative estimate of drug-likeness (QED) is 0.494. The van der Waals surface area contributed by atoms with Crippen molar-refractivity contribution in [2.45, 2.75) is 59.3 Å². The van der Waals surface area contributed by atoms with Gasteiger partial charge >= 0.3 is 0 Å². The van der Waals surface area contributed by atoms with E-state index in [1.807, 2.05) is 30.6 Å². The van der Waals surface area contributed by atoms with Crippen LogP contribution < -0.4 is 11.1 Å². The number of para-hydroxylation sites is 1. The third-order valence-electron chi connectivity index (χ3n) is 5.90. The number of benzene rings is 1. The Hall–Kier alpha value is -3.08. The highest BCUT2D eigenvalue weighted by Crippen LogP contribution is 2.32. The van der Waals surface area contributed by atoms with Crippen LogP contribution in [-0.2, 0) is 11.2 Å². The molecular formula is C27H35N3O2. The second kappa shape index (κ2) is 11.5. The summed E-state index contributed by atoms with van der Waals surface area (Å²) in [5.74, 6) is 1.37. The Kier molecular flexibility index (Phi) is 8.48. The maximum Gasteiger partial charge on any atom is 0.214 e. The van der Waals surface area contributed by atoms with Gasteiger partial charge in [0, 0.05) is 42.5 Å². The molecule has 32 heavy (non-hydrogen) atoms. The zero-order valence-electron chi connectivity index (χ0n) is 19.5. The van der Waals surface area contributed by atoms with Gasteiger partial charge < -0.3 is 15.5 Å². The van der Waals surface area contributed by atoms with Crippen LogP contribution in [0.4, 0.5) is 0 Å². The number of primary amides is 1. The standard InChI is InChI=1S/C25H30N2O.C2H5NO/c1-3-20-16-26-17-23(25-14-21-11-7-8-12-24(21)28-25)22(20)13-18(2)27-15-19-9-5-4-6-10-19;1-2(3)4/h7-8,11-14,16-17,19,27H,3-6,9-10,15H2,1-2H3;1H3,(H2,3,4)/b18-13+;. The Morgan fingerprint density at radius 3 is 2.59 bits per heavy atom. The van der Waals surface area contributed by atoms with Gasteiger partial charge in [-0.3, -0.25) is 9.78 Å². The van der Waals surface area contributed by atoms with Crippen LogP contribution in [0.3, 0.4) is 0 Å². The fourth-order valence-corrected chi connectivity index (χ4v) is 4.24. The van der Waals surface area contributed by atoms with Gasteiger partial charge in [0.15, 0.2) is 0 Å². The summed E-state index contributed by atoms with van der Waals surface area (Å²) in [6.45, 7) is 6.74. The number of pyridine rings is 1. The molecule has 1 saturated carbocycles. The van der Waals surface area contributed by atoms with E-state index in [2.05, 4.69) is 48.1 Å². The van der Waals surface area contributed by atoms with Crippen molar-refractivity contribution in [2.75, 3.05) is 6.54 Å². The third kappa shape index (κ3) is 6.46. The summed E-state index contributed by atoms with van der Waals surface area (Å²) in [5.41, 5.74) is 10.1. The zero-order chi connectivity index (χ0) is 22.9. The van der Waals surface area contributed by atoms with E-state index < -0.39 is 0 Å². The predicted molar refractivity (Wildman–Crippen MR) is 132 cm³/mol. The van der Waals surface area contributed by atoms with Crippen LogP contribution in [-0.4, -0.2) is 17.4 Å². The second-order valence-corrected chi connectivity index (χ2v) is 8.58. The topological polar surface area (TPSA) is 81.2 Å². The number of nitrogens with two attached hydrogens (primary N) is 1. The van der Waals surface area contributed by atoms with Gasteiger partial charge in [0.2, 0.25) is 5.91 Å². The van der Waals surface area contributed by atoms with Crippen molar-refractivity contribution in [3.8, 4) is 11.3 Å². The summed E-state index contributed by atoms with van der Waals surface area (Å²) in [6.07, 6.45) is 14.0. The Morgan fingerprint density at radius 1 is 1.19 bits per heavy atom. The number of hydrogen-bond donors (Lipinski definition) is 2. The lowest BCUT2D eigenvalue weighted by Gasteiger charge is -2.22. The van der Waals surface area contributed by atoms with Gasteiger partial charge in [-0.25, -0.2) is 0 Å². The largest absolute Gasteiger partial charge is 0.456 e. The molecular weight excluding hydrogens is 398 g/mol. The first-order valence-electron chi connectivity index (χ1n) is 11.6. The number of carbonyl (C=O) groups is 1. The van der Waals surface area contributed by atoms with Gasteiger partial charge in [-0.05, 0) is 61.4 Å². The molecule has 2 heterocycles. The fraction of sp³-hybridized carbons (Fsp3) is 0.407. The van der Waals surface area contributed by atoms with E-state index in [4.69, 9.17) is 4.42 Å². The van der Waals surface area contributed by atoms with Crippen molar-refractivity contribution in [2.24, 2.45) is 11.7 Å². The van der Waals surface area contributed by atoms with E-state index in [9.17, 15) is 4.79 Å². The number of carbonyl (C=O) groups excluding carboxylic acids is 1. The molecule has 4 rings (SSSR count). The molecule has 1 amide bonds. The lowest BCUT2D eigenvalue weighted by atomic mass is 9.89. The number of aryl methyl sites for hydroxylation is 1. The highest BCUT2D eigenvalue weighted by Gasteiger charge is 2.15. The van der Waals surface area contributed by atoms with Gasteiger partial charge in [-0.1, -0.05) is 44.4 Å². The molecule has 1 aliphatic rings. The maximum atomic E-state index is 9.22. The second-order valence-electron chi connectivity index (χ2n) is 8.58. The first-order chi connectivity index (χ1) is 15.5. The van der Waals surface area contributed by atoms with Crippen molar-refractivity contribution in [3.05, 3.63) is 59.5 Å². The number of furan rings is 1. The van der Waals surface area contributed by atoms with Gasteiger partial charge in [0.05, 0.1) is 0 Å². The lowest BCUT2D eigenvalue weighted by molar-refractivity contribution is -0.115. The number of nitrogens with one attached hydrogen (secondary N) is 1. The molecule has 1 fully saturated rings. The summed E-state index contributed by atoms with van der Waals surface area (Å²) >= 11 is 0. The van der Waals surface area contributed by atoms with Gasteiger partial charge in [-0.2, -0.15) is 0 Å². The first kappa shape index (κ1) is 23.6. The molecule has 5 heteroatoms. The molecule has 0 saturated heterocycles. The van der Waals surface area contributed by atoms with E-state index in [1.165, 1.54) is 55.9 Å². The summed E-state index contributed by atoms with van der Waals surface area (Å²) in [7, 11) is 0. The Balaban J connectivity index is 0.000000668. The van der Waals surface area contributed by atoms with Crippen molar-refractivity contribution in [1.82, 2.24) is 10.3 Å². The first-order valence-corrected chi connectivity index (χ1v) is 11.6. The predicted octanol–water partition coefficient (Wildman–Crippen LogP) is 6.08. The molecule has 0 unspecified atom stereocenters. The Morgan fingerprint density at radius 2 is 1.91 bits per heavy atom. The molecule has 0 bridgehead atoms. The van der Waals surface area contributed by atoms with Crippen LogP contribution >= 0.6 is 0 Å². The van der Waals surface area contributed by atoms with Crippen molar-refractivity contribution in [1.29, 1.82) is 0 Å². The normalized spacial score (nSPS) is 14.7. The van der Waals surface area contributed by atoms with E-state index in [-0.39, 0.29) is 5.91 Å². The minimum absolute atomic E-state index is 0.333. The third-order valence-corrected chi connectivity index (χ3v) is 5.90. The zero-order valence-corrected chi connectivity index (χ0v) is 19.5. The number of nitrogens with zero attached hydrogens (tertiary/aromatic N) is 1. The molecule has 3 aromatic rings. The van der Waals surface area contributed by atoms with Crippen molar-refractivity contribution >= 4 is 23.0 Å². The number of amides is 1. The van der Waals surface area contributed by atoms with Crippen LogP contribution in [0.25, 0.3) is 28.4 Å². The fourth-order valence-electron chi connectivity index (χ4n) is 4.24. The molecule has 1 aliphatic carbocycles. The number of allylic oxidation sites excluding steroid dienone is 1. The number of rotatable bonds is 6. The van der Waals surface area contributed by atoms with Crippen LogP contribution in [0.5, 0.6) is 0 Å². The van der Waals surface area contributed by atoms with Crippen molar-refractivity contribution < 1.29 is 9.21 Å². The minimum atomic E-state index is -0.333. The maximum absolute atomic E-state index is 9.22. The molecule has 0 aliphatic heterocycles. The highest BCUT2D eigenvalue weighted by atomic mass is 16.3. The van der Waals surface area contributed by atoms with E-state index in [0.29, 0.717) is 0 Å². The van der Waals surface area contributed by atoms with Crippen LogP contribution in [0.2, 0.25) is 0 Å². The van der Waals surface area contributed by atoms with Crippen LogP contribution in [0.15, 0.2) is 52.8 Å². The van der Waals surface area contributed by atoms with Gasteiger partial charge in [0.25, 0.3) is 0 Å². The number of hydrogen-bond acceptors (Lipinski definition) is 4. The summed E-state index contributed by atoms with van der Waals surface area (Å²) in [4.78, 5) is 13.7. The molecule has 3 N–H and O–H groups in total. The minimum Gasteiger partial charge on any atom is -0.456 e. The van der Waals surface area contributed by atoms with Crippen LogP contribution in [0.1, 0.15) is 64.0 Å². The number of aromatic nitrogens is 1. The molecule has 5 nitrogen and oxygen atoms in total. The van der Waals surface area contributed by atoms with Crippen LogP contribution in [0, 0.1) is 5.92 Å². The molecule has 0 spiro atoms. The van der Waals surface area contributed by atoms with E-state index in [1.54, 1.807) is 0 Å². The summed E-state index contributed by atoms with van der Waals surface area (Å²) < 4.78 is 6.14. The SMILES string of the molecule is CC(N)=O.CCc1cncc(-c2cc3ccccc3o2)c1/C=C(\C)NCC1CCCCC1. The summed E-state index contributed by atoms with van der Waals surface area (Å²) in [6, 6.07) is 10.3. The molecule has 2 aromatic heterocycles. The average Bonchev–Trinajstić information content (AvgIpc) is 3.22. The van der Waals surface area contributed by atoms with Crippen molar-refractivity contribution in [3.63, 3.8) is 0 Å². The Bertz CT molecular complexity index is 1020. The molecule has 0 radical (unpaired) electrons.